The van der Waals surface area contributed by atoms with Crippen molar-refractivity contribution in [2.24, 2.45) is 5.92 Å². The van der Waals surface area contributed by atoms with Crippen molar-refractivity contribution in [3.05, 3.63) is 40.8 Å². The molecule has 3 rings (SSSR count). The molecule has 0 aliphatic carbocycles. The maximum atomic E-state index is 12.0. The van der Waals surface area contributed by atoms with Crippen LogP contribution >= 0.6 is 12.4 Å². The quantitative estimate of drug-likeness (QED) is 0.842. The van der Waals surface area contributed by atoms with Crippen LogP contribution in [0.25, 0.3) is 11.0 Å². The molecule has 2 N–H and O–H groups in total. The molecular formula is C17H21ClN2O3. The fourth-order valence-electron chi connectivity index (χ4n) is 2.88. The molecular weight excluding hydrogens is 316 g/mol. The fraction of sp³-hybridized carbons (Fsp3) is 0.412. The molecule has 1 aliphatic rings. The summed E-state index contributed by atoms with van der Waals surface area (Å²) in [5.41, 5.74) is 0.892. The monoisotopic (exact) mass is 336 g/mol. The average molecular weight is 337 g/mol. The molecule has 6 heteroatoms. The minimum Gasteiger partial charge on any atom is -0.423 e. The second-order valence-electron chi connectivity index (χ2n) is 5.79. The van der Waals surface area contributed by atoms with E-state index in [-0.39, 0.29) is 23.9 Å². The number of carbonyl (C=O) groups excluding carboxylic acids is 1. The van der Waals surface area contributed by atoms with E-state index < -0.39 is 0 Å². The van der Waals surface area contributed by atoms with Crippen LogP contribution in [0.2, 0.25) is 0 Å². The van der Waals surface area contributed by atoms with Gasteiger partial charge in [0.2, 0.25) is 5.91 Å². The molecule has 0 saturated carbocycles. The molecule has 1 aliphatic heterocycles. The van der Waals surface area contributed by atoms with Crippen molar-refractivity contribution in [2.75, 3.05) is 18.4 Å². The summed E-state index contributed by atoms with van der Waals surface area (Å²) in [6, 6.07) is 8.37. The fourth-order valence-corrected chi connectivity index (χ4v) is 2.88. The van der Waals surface area contributed by atoms with Gasteiger partial charge in [-0.25, -0.2) is 4.79 Å². The third kappa shape index (κ3) is 4.81. The van der Waals surface area contributed by atoms with E-state index in [4.69, 9.17) is 4.42 Å². The summed E-state index contributed by atoms with van der Waals surface area (Å²) in [5.74, 6) is 0.688. The lowest BCUT2D eigenvalue weighted by molar-refractivity contribution is -0.116. The number of anilines is 1. The molecule has 0 atom stereocenters. The van der Waals surface area contributed by atoms with E-state index >= 15 is 0 Å². The van der Waals surface area contributed by atoms with Crippen molar-refractivity contribution < 1.29 is 9.21 Å². The Morgan fingerprint density at radius 2 is 2.00 bits per heavy atom. The van der Waals surface area contributed by atoms with E-state index in [9.17, 15) is 9.59 Å². The number of benzene rings is 1. The summed E-state index contributed by atoms with van der Waals surface area (Å²) in [5, 5.41) is 7.05. The van der Waals surface area contributed by atoms with E-state index in [1.165, 1.54) is 6.07 Å². The third-order valence-electron chi connectivity index (χ3n) is 4.14. The number of fused-ring (bicyclic) bond motifs is 1. The first kappa shape index (κ1) is 17.5. The zero-order valence-electron chi connectivity index (χ0n) is 12.8. The van der Waals surface area contributed by atoms with Gasteiger partial charge in [-0.1, -0.05) is 0 Å². The van der Waals surface area contributed by atoms with Gasteiger partial charge in [0.05, 0.1) is 0 Å². The van der Waals surface area contributed by atoms with Crippen molar-refractivity contribution in [1.29, 1.82) is 0 Å². The Morgan fingerprint density at radius 1 is 1.22 bits per heavy atom. The number of rotatable bonds is 4. The van der Waals surface area contributed by atoms with E-state index in [0.717, 1.165) is 43.4 Å². The molecule has 1 aromatic heterocycles. The summed E-state index contributed by atoms with van der Waals surface area (Å²) in [6.45, 7) is 2.12. The Bertz CT molecular complexity index is 723. The normalized spacial score (nSPS) is 15.1. The lowest BCUT2D eigenvalue weighted by Gasteiger charge is -2.22. The first-order chi connectivity index (χ1) is 10.7. The minimum atomic E-state index is -0.369. The molecule has 1 amide bonds. The molecule has 2 heterocycles. The number of hydrogen-bond acceptors (Lipinski definition) is 4. The predicted octanol–water partition coefficient (Wildman–Crippen LogP) is 2.93. The molecule has 5 nitrogen and oxygen atoms in total. The largest absolute Gasteiger partial charge is 0.423 e. The molecule has 1 fully saturated rings. The number of carbonyl (C=O) groups is 1. The van der Waals surface area contributed by atoms with E-state index in [0.29, 0.717) is 17.9 Å². The third-order valence-corrected chi connectivity index (χ3v) is 4.14. The van der Waals surface area contributed by atoms with Gasteiger partial charge >= 0.3 is 5.63 Å². The van der Waals surface area contributed by atoms with Gasteiger partial charge in [-0.05, 0) is 62.5 Å². The van der Waals surface area contributed by atoms with E-state index in [2.05, 4.69) is 10.6 Å². The SMILES string of the molecule is Cl.O=C(CCC1CCNCC1)Nc1ccc2oc(=O)ccc2c1. The highest BCUT2D eigenvalue weighted by molar-refractivity contribution is 5.93. The molecule has 0 spiro atoms. The number of halogens is 1. The number of nitrogens with one attached hydrogen (secondary N) is 2. The van der Waals surface area contributed by atoms with Crippen LogP contribution in [0, 0.1) is 5.92 Å². The van der Waals surface area contributed by atoms with Crippen LogP contribution in [0.5, 0.6) is 0 Å². The summed E-state index contributed by atoms with van der Waals surface area (Å²) in [4.78, 5) is 23.2. The topological polar surface area (TPSA) is 71.3 Å². The molecule has 0 radical (unpaired) electrons. The van der Waals surface area contributed by atoms with Gasteiger partial charge in [0, 0.05) is 23.6 Å². The number of hydrogen-bond donors (Lipinski definition) is 2. The molecule has 1 saturated heterocycles. The van der Waals surface area contributed by atoms with Crippen LogP contribution in [-0.4, -0.2) is 19.0 Å². The zero-order valence-corrected chi connectivity index (χ0v) is 13.7. The van der Waals surface area contributed by atoms with Crippen LogP contribution < -0.4 is 16.3 Å². The van der Waals surface area contributed by atoms with Crippen molar-refractivity contribution >= 4 is 35.0 Å². The Morgan fingerprint density at radius 3 is 2.78 bits per heavy atom. The first-order valence-corrected chi connectivity index (χ1v) is 7.75. The Labute approximate surface area is 140 Å². The molecule has 0 unspecified atom stereocenters. The highest BCUT2D eigenvalue weighted by Gasteiger charge is 2.14. The Kier molecular flexibility index (Phi) is 6.19. The summed E-state index contributed by atoms with van der Waals surface area (Å²) >= 11 is 0. The maximum Gasteiger partial charge on any atom is 0.336 e. The summed E-state index contributed by atoms with van der Waals surface area (Å²) in [6.07, 6.45) is 3.80. The highest BCUT2D eigenvalue weighted by atomic mass is 35.5. The minimum absolute atomic E-state index is 0. The van der Waals surface area contributed by atoms with Gasteiger partial charge in [0.1, 0.15) is 5.58 Å². The highest BCUT2D eigenvalue weighted by Crippen LogP contribution is 2.20. The molecule has 2 aromatic rings. The Balaban J connectivity index is 0.00000192. The molecule has 23 heavy (non-hydrogen) atoms. The second-order valence-corrected chi connectivity index (χ2v) is 5.79. The molecule has 1 aromatic carbocycles. The van der Waals surface area contributed by atoms with Crippen molar-refractivity contribution in [3.63, 3.8) is 0 Å². The van der Waals surface area contributed by atoms with Crippen LogP contribution in [0.4, 0.5) is 5.69 Å². The van der Waals surface area contributed by atoms with Gasteiger partial charge in [-0.15, -0.1) is 12.4 Å². The average Bonchev–Trinajstić information content (AvgIpc) is 2.54. The lowest BCUT2D eigenvalue weighted by Crippen LogP contribution is -2.28. The number of amides is 1. The number of piperidine rings is 1. The van der Waals surface area contributed by atoms with Gasteiger partial charge in [0.15, 0.2) is 0 Å². The predicted molar refractivity (Wildman–Crippen MR) is 93.2 cm³/mol. The van der Waals surface area contributed by atoms with Gasteiger partial charge < -0.3 is 15.1 Å². The van der Waals surface area contributed by atoms with Gasteiger partial charge in [0.25, 0.3) is 0 Å². The van der Waals surface area contributed by atoms with E-state index in [1.54, 1.807) is 18.2 Å². The zero-order chi connectivity index (χ0) is 15.4. The summed E-state index contributed by atoms with van der Waals surface area (Å²) < 4.78 is 5.07. The molecule has 124 valence electrons. The molecule has 0 bridgehead atoms. The lowest BCUT2D eigenvalue weighted by atomic mass is 9.93. The van der Waals surface area contributed by atoms with Crippen molar-refractivity contribution in [1.82, 2.24) is 5.32 Å². The second kappa shape index (κ2) is 8.13. The van der Waals surface area contributed by atoms with Crippen LogP contribution in [0.1, 0.15) is 25.7 Å². The smallest absolute Gasteiger partial charge is 0.336 e. The first-order valence-electron chi connectivity index (χ1n) is 7.75. The van der Waals surface area contributed by atoms with Crippen LogP contribution in [0.3, 0.4) is 0 Å². The standard InChI is InChI=1S/C17H20N2O3.ClH/c20-16(5-1-12-7-9-18-10-8-12)19-14-3-4-15-13(11-14)2-6-17(21)22-15;/h2-4,6,11-12,18H,1,5,7-10H2,(H,19,20);1H. The van der Waals surface area contributed by atoms with Crippen LogP contribution in [-0.2, 0) is 4.79 Å². The van der Waals surface area contributed by atoms with Gasteiger partial charge in [-0.2, -0.15) is 0 Å². The van der Waals surface area contributed by atoms with Gasteiger partial charge in [-0.3, -0.25) is 4.79 Å². The van der Waals surface area contributed by atoms with E-state index in [1.807, 2.05) is 6.07 Å². The van der Waals surface area contributed by atoms with Crippen LogP contribution in [0.15, 0.2) is 39.5 Å². The maximum absolute atomic E-state index is 12.0. The van der Waals surface area contributed by atoms with Crippen molar-refractivity contribution in [2.45, 2.75) is 25.7 Å². The van der Waals surface area contributed by atoms with Crippen molar-refractivity contribution in [3.8, 4) is 0 Å². The summed E-state index contributed by atoms with van der Waals surface area (Å²) in [7, 11) is 0. The Hall–Kier alpha value is -1.85.